The molecular weight excluding hydrogens is 564 g/mol. The zero-order valence-electron chi connectivity index (χ0n) is 21.9. The van der Waals surface area contributed by atoms with Crippen LogP contribution in [0.3, 0.4) is 0 Å². The summed E-state index contributed by atoms with van der Waals surface area (Å²) >= 11 is 0. The molecule has 3 aromatic rings. The minimum Gasteiger partial charge on any atom is -0.508 e. The van der Waals surface area contributed by atoms with E-state index in [0.29, 0.717) is 0 Å². The van der Waals surface area contributed by atoms with E-state index < -0.39 is 90.3 Å². The molecule has 0 bridgehead atoms. The number of phenols is 2. The average molecular weight is 595 g/mol. The number of hydrogen-bond acceptors (Lipinski definition) is 15. The largest absolute Gasteiger partial charge is 0.508 e. The molecule has 1 aromatic heterocycles. The van der Waals surface area contributed by atoms with Crippen LogP contribution in [0.1, 0.15) is 6.92 Å². The molecule has 0 radical (unpaired) electrons. The minimum absolute atomic E-state index is 0.112. The van der Waals surface area contributed by atoms with Crippen molar-refractivity contribution in [1.82, 2.24) is 0 Å². The lowest BCUT2D eigenvalue weighted by Crippen LogP contribution is -2.60. The van der Waals surface area contributed by atoms with E-state index in [0.717, 1.165) is 6.07 Å². The number of fused-ring (bicyclic) bond motifs is 1. The first-order chi connectivity index (χ1) is 19.9. The fraction of sp³-hybridized carbons (Fsp3) is 0.444. The molecule has 2 aromatic carbocycles. The van der Waals surface area contributed by atoms with Gasteiger partial charge in [-0.15, -0.1) is 0 Å². The molecule has 0 saturated carbocycles. The zero-order valence-corrected chi connectivity index (χ0v) is 21.9. The highest BCUT2D eigenvalue weighted by molar-refractivity contribution is 5.88. The van der Waals surface area contributed by atoms with E-state index in [2.05, 4.69) is 0 Å². The Morgan fingerprint density at radius 3 is 2.05 bits per heavy atom. The van der Waals surface area contributed by atoms with Crippen LogP contribution in [-0.2, 0) is 9.47 Å². The topological polar surface area (TPSA) is 249 Å². The molecule has 3 heterocycles. The summed E-state index contributed by atoms with van der Waals surface area (Å²) in [7, 11) is 0. The maximum absolute atomic E-state index is 13.7. The van der Waals surface area contributed by atoms with Crippen molar-refractivity contribution in [3.8, 4) is 34.3 Å². The van der Waals surface area contributed by atoms with Gasteiger partial charge in [-0.2, -0.15) is 0 Å². The van der Waals surface area contributed by atoms with Gasteiger partial charge in [-0.3, -0.25) is 4.79 Å². The van der Waals surface area contributed by atoms with Crippen LogP contribution in [0.2, 0.25) is 0 Å². The number of aliphatic hydroxyl groups excluding tert-OH is 7. The third-order valence-electron chi connectivity index (χ3n) is 7.18. The Bertz CT molecular complexity index is 1470. The number of aliphatic hydroxyl groups is 7. The normalized spacial score (nSPS) is 33.4. The van der Waals surface area contributed by atoms with Crippen molar-refractivity contribution in [2.75, 3.05) is 6.61 Å². The maximum Gasteiger partial charge on any atom is 0.239 e. The molecule has 0 unspecified atom stereocenters. The summed E-state index contributed by atoms with van der Waals surface area (Å²) < 4.78 is 28.0. The molecule has 2 aliphatic rings. The molecule has 42 heavy (non-hydrogen) atoms. The van der Waals surface area contributed by atoms with E-state index in [1.165, 1.54) is 37.3 Å². The van der Waals surface area contributed by atoms with Gasteiger partial charge >= 0.3 is 0 Å². The molecule has 0 aliphatic carbocycles. The molecule has 2 saturated heterocycles. The SMILES string of the molecule is C[C@H]1O[C@@H](Oc2cc(O)c3c(=O)c(O[C@H]4O[C@H](CO)[C@@H](O)[C@H](O)[C@H]4O)c(-c4ccc(O)cc4)oc3c2)[C@H](O)[C@H](O)[C@H]1O. The first-order valence-corrected chi connectivity index (χ1v) is 12.9. The summed E-state index contributed by atoms with van der Waals surface area (Å²) in [5.41, 5.74) is -1.01. The highest BCUT2D eigenvalue weighted by Crippen LogP contribution is 2.38. The monoisotopic (exact) mass is 594 g/mol. The highest BCUT2D eigenvalue weighted by atomic mass is 16.7. The fourth-order valence-electron chi connectivity index (χ4n) is 4.76. The maximum atomic E-state index is 13.7. The number of rotatable bonds is 6. The van der Waals surface area contributed by atoms with Crippen LogP contribution in [0, 0.1) is 0 Å². The smallest absolute Gasteiger partial charge is 0.239 e. The van der Waals surface area contributed by atoms with E-state index in [1.807, 2.05) is 0 Å². The fourth-order valence-corrected chi connectivity index (χ4v) is 4.76. The summed E-state index contributed by atoms with van der Waals surface area (Å²) in [6.07, 6.45) is -15.5. The van der Waals surface area contributed by atoms with E-state index in [4.69, 9.17) is 23.4 Å². The number of ether oxygens (including phenoxy) is 4. The van der Waals surface area contributed by atoms with Crippen molar-refractivity contribution < 1.29 is 69.3 Å². The number of phenolic OH excluding ortho intramolecular Hbond substituents is 2. The first kappa shape index (κ1) is 30.0. The number of benzene rings is 2. The van der Waals surface area contributed by atoms with E-state index >= 15 is 0 Å². The van der Waals surface area contributed by atoms with Gasteiger partial charge in [0.1, 0.15) is 70.9 Å². The molecule has 10 atom stereocenters. The lowest BCUT2D eigenvalue weighted by atomic mass is 9.99. The highest BCUT2D eigenvalue weighted by Gasteiger charge is 2.46. The van der Waals surface area contributed by atoms with Gasteiger partial charge in [0.15, 0.2) is 5.76 Å². The quantitative estimate of drug-likeness (QED) is 0.154. The van der Waals surface area contributed by atoms with Gasteiger partial charge in [-0.25, -0.2) is 0 Å². The predicted molar refractivity (Wildman–Crippen MR) is 139 cm³/mol. The molecule has 15 nitrogen and oxygen atoms in total. The molecule has 2 fully saturated rings. The summed E-state index contributed by atoms with van der Waals surface area (Å²) in [6, 6.07) is 7.53. The first-order valence-electron chi connectivity index (χ1n) is 12.9. The zero-order chi connectivity index (χ0) is 30.5. The van der Waals surface area contributed by atoms with Crippen LogP contribution in [0.5, 0.6) is 23.0 Å². The lowest BCUT2D eigenvalue weighted by Gasteiger charge is -2.39. The second-order valence-corrected chi connectivity index (χ2v) is 10.1. The third kappa shape index (κ3) is 5.37. The van der Waals surface area contributed by atoms with Crippen LogP contribution in [-0.4, -0.2) is 114 Å². The van der Waals surface area contributed by atoms with Crippen LogP contribution < -0.4 is 14.9 Å². The molecule has 15 heteroatoms. The van der Waals surface area contributed by atoms with Gasteiger partial charge in [0.25, 0.3) is 0 Å². The van der Waals surface area contributed by atoms with Crippen LogP contribution in [0.15, 0.2) is 45.6 Å². The van der Waals surface area contributed by atoms with Gasteiger partial charge in [-0.1, -0.05) is 0 Å². The van der Waals surface area contributed by atoms with Gasteiger partial charge in [0, 0.05) is 17.7 Å². The van der Waals surface area contributed by atoms with Gasteiger partial charge in [0.05, 0.1) is 12.7 Å². The number of hydrogen-bond donors (Lipinski definition) is 9. The number of aromatic hydroxyl groups is 2. The Kier molecular flexibility index (Phi) is 8.30. The average Bonchev–Trinajstić information content (AvgIpc) is 2.96. The summed E-state index contributed by atoms with van der Waals surface area (Å²) in [4.78, 5) is 13.7. The van der Waals surface area contributed by atoms with Gasteiger partial charge in [0.2, 0.25) is 23.8 Å². The summed E-state index contributed by atoms with van der Waals surface area (Å²) in [5, 5.41) is 90.7. The Balaban J connectivity index is 1.58. The standard InChI is InChI=1S/C27H30O15/c1-9-17(31)20(34)22(36)26(38-9)39-12-6-13(30)16-14(7-12)40-24(10-2-4-11(29)5-3-10)25(19(16)33)42-27-23(37)21(35)18(32)15(8-28)41-27/h2-7,9,15,17-18,20-23,26-32,34-37H,8H2,1H3/t9-,15-,17+,18-,20-,21+,22-,23-,26+,27-/m1/s1. The molecule has 2 aliphatic heterocycles. The Morgan fingerprint density at radius 2 is 1.40 bits per heavy atom. The molecule has 0 spiro atoms. The summed E-state index contributed by atoms with van der Waals surface area (Å²) in [5.74, 6) is -1.77. The molecular formula is C27H30O15. The molecule has 228 valence electrons. The third-order valence-corrected chi connectivity index (χ3v) is 7.18. The van der Waals surface area contributed by atoms with Crippen molar-refractivity contribution in [2.24, 2.45) is 0 Å². The van der Waals surface area contributed by atoms with Crippen molar-refractivity contribution in [3.63, 3.8) is 0 Å². The second-order valence-electron chi connectivity index (χ2n) is 10.1. The van der Waals surface area contributed by atoms with Crippen molar-refractivity contribution in [1.29, 1.82) is 0 Å². The van der Waals surface area contributed by atoms with Crippen LogP contribution in [0.4, 0.5) is 0 Å². The molecule has 9 N–H and O–H groups in total. The predicted octanol–water partition coefficient (Wildman–Crippen LogP) is -1.74. The second kappa shape index (κ2) is 11.6. The minimum atomic E-state index is -1.87. The van der Waals surface area contributed by atoms with Crippen molar-refractivity contribution in [3.05, 3.63) is 46.6 Å². The van der Waals surface area contributed by atoms with E-state index in [9.17, 15) is 50.8 Å². The van der Waals surface area contributed by atoms with Crippen molar-refractivity contribution in [2.45, 2.75) is 68.3 Å². The lowest BCUT2D eigenvalue weighted by molar-refractivity contribution is -0.277. The Morgan fingerprint density at radius 1 is 0.786 bits per heavy atom. The van der Waals surface area contributed by atoms with Crippen molar-refractivity contribution >= 4 is 11.0 Å². The molecule has 5 rings (SSSR count). The van der Waals surface area contributed by atoms with Crippen LogP contribution >= 0.6 is 0 Å². The van der Waals surface area contributed by atoms with Gasteiger partial charge in [-0.05, 0) is 31.2 Å². The Labute approximate surface area is 236 Å². The van der Waals surface area contributed by atoms with Crippen LogP contribution in [0.25, 0.3) is 22.3 Å². The van der Waals surface area contributed by atoms with Gasteiger partial charge < -0.3 is 69.3 Å². The van der Waals surface area contributed by atoms with E-state index in [-0.39, 0.29) is 28.4 Å². The molecule has 0 amide bonds. The van der Waals surface area contributed by atoms with E-state index in [1.54, 1.807) is 0 Å². The Hall–Kier alpha value is -3.51. The summed E-state index contributed by atoms with van der Waals surface area (Å²) in [6.45, 7) is 0.702.